The van der Waals surface area contributed by atoms with Crippen LogP contribution in [0, 0.1) is 5.41 Å². The Hall–Kier alpha value is -1.63. The van der Waals surface area contributed by atoms with E-state index in [1.54, 1.807) is 7.05 Å². The fraction of sp³-hybridized carbons (Fsp3) is 0.667. The van der Waals surface area contributed by atoms with Crippen LogP contribution < -0.4 is 10.6 Å². The number of unbranched alkanes of at least 4 members (excludes halogenated alkanes) is 1. The Morgan fingerprint density at radius 2 is 2.07 bits per heavy atom. The van der Waals surface area contributed by atoms with Crippen LogP contribution in [0.3, 0.4) is 0 Å². The standard InChI is InChI=1S/C21H35N3O3/c1-22-20(24-17-21(10-13-25)11-16-27-18-21)23-12-5-6-14-26-15-9-19-7-3-2-4-8-19/h2-4,7-8,25H,5-6,9-18H2,1H3,(H2,22,23,24). The summed E-state index contributed by atoms with van der Waals surface area (Å²) >= 11 is 0. The second-order valence-electron chi connectivity index (χ2n) is 7.18. The van der Waals surface area contributed by atoms with Crippen molar-refractivity contribution in [3.63, 3.8) is 0 Å². The molecule has 6 nitrogen and oxygen atoms in total. The predicted molar refractivity (Wildman–Crippen MR) is 109 cm³/mol. The van der Waals surface area contributed by atoms with Gasteiger partial charge in [0.2, 0.25) is 0 Å². The maximum atomic E-state index is 9.30. The fourth-order valence-electron chi connectivity index (χ4n) is 3.28. The molecule has 0 radical (unpaired) electrons. The van der Waals surface area contributed by atoms with Gasteiger partial charge in [-0.25, -0.2) is 0 Å². The minimum atomic E-state index is 0.0267. The topological polar surface area (TPSA) is 75.1 Å². The van der Waals surface area contributed by atoms with Crippen molar-refractivity contribution < 1.29 is 14.6 Å². The quantitative estimate of drug-likeness (QED) is 0.295. The molecule has 0 aliphatic carbocycles. The summed E-state index contributed by atoms with van der Waals surface area (Å²) in [5.74, 6) is 0.809. The van der Waals surface area contributed by atoms with Crippen LogP contribution in [0.2, 0.25) is 0 Å². The second-order valence-corrected chi connectivity index (χ2v) is 7.18. The molecule has 0 bridgehead atoms. The molecule has 0 spiro atoms. The first kappa shape index (κ1) is 21.7. The van der Waals surface area contributed by atoms with Crippen molar-refractivity contribution >= 4 is 5.96 Å². The van der Waals surface area contributed by atoms with Crippen molar-refractivity contribution in [2.45, 2.75) is 32.1 Å². The molecule has 1 aromatic rings. The molecule has 1 fully saturated rings. The first-order chi connectivity index (χ1) is 13.3. The van der Waals surface area contributed by atoms with Gasteiger partial charge in [0.05, 0.1) is 13.2 Å². The highest BCUT2D eigenvalue weighted by Gasteiger charge is 2.34. The molecule has 0 amide bonds. The minimum Gasteiger partial charge on any atom is -0.396 e. The first-order valence-corrected chi connectivity index (χ1v) is 10.0. The number of hydrogen-bond acceptors (Lipinski definition) is 4. The van der Waals surface area contributed by atoms with Gasteiger partial charge in [-0.1, -0.05) is 30.3 Å². The third-order valence-electron chi connectivity index (χ3n) is 5.07. The molecule has 6 heteroatoms. The molecule has 1 unspecified atom stereocenters. The Bertz CT molecular complexity index is 531. The lowest BCUT2D eigenvalue weighted by Crippen LogP contribution is -2.44. The lowest BCUT2D eigenvalue weighted by Gasteiger charge is -2.27. The Morgan fingerprint density at radius 1 is 1.22 bits per heavy atom. The van der Waals surface area contributed by atoms with Crippen LogP contribution in [0.1, 0.15) is 31.2 Å². The van der Waals surface area contributed by atoms with Crippen molar-refractivity contribution in [3.05, 3.63) is 35.9 Å². The van der Waals surface area contributed by atoms with Gasteiger partial charge in [-0.3, -0.25) is 4.99 Å². The van der Waals surface area contributed by atoms with E-state index in [4.69, 9.17) is 9.47 Å². The van der Waals surface area contributed by atoms with E-state index in [1.165, 1.54) is 5.56 Å². The molecule has 1 saturated heterocycles. The predicted octanol–water partition coefficient (Wildman–Crippen LogP) is 1.98. The zero-order chi connectivity index (χ0) is 19.2. The highest BCUT2D eigenvalue weighted by molar-refractivity contribution is 5.79. The Morgan fingerprint density at radius 3 is 2.78 bits per heavy atom. The maximum Gasteiger partial charge on any atom is 0.190 e. The van der Waals surface area contributed by atoms with E-state index in [0.717, 1.165) is 71.0 Å². The number of rotatable bonds is 12. The lowest BCUT2D eigenvalue weighted by atomic mass is 9.84. The number of hydrogen-bond donors (Lipinski definition) is 3. The molecule has 2 rings (SSSR count). The van der Waals surface area contributed by atoms with E-state index < -0.39 is 0 Å². The smallest absolute Gasteiger partial charge is 0.190 e. The van der Waals surface area contributed by atoms with E-state index in [-0.39, 0.29) is 12.0 Å². The minimum absolute atomic E-state index is 0.0267. The molecular formula is C21H35N3O3. The highest BCUT2D eigenvalue weighted by atomic mass is 16.5. The average Bonchev–Trinajstić information content (AvgIpc) is 3.16. The van der Waals surface area contributed by atoms with Crippen LogP contribution in [0.15, 0.2) is 35.3 Å². The first-order valence-electron chi connectivity index (χ1n) is 10.0. The van der Waals surface area contributed by atoms with Crippen molar-refractivity contribution in [2.75, 3.05) is 53.2 Å². The average molecular weight is 378 g/mol. The summed E-state index contributed by atoms with van der Waals surface area (Å²) in [5.41, 5.74) is 1.35. The Balaban J connectivity index is 1.51. The van der Waals surface area contributed by atoms with Crippen LogP contribution >= 0.6 is 0 Å². The zero-order valence-corrected chi connectivity index (χ0v) is 16.6. The molecule has 3 N–H and O–H groups in total. The summed E-state index contributed by atoms with van der Waals surface area (Å²) in [7, 11) is 1.78. The van der Waals surface area contributed by atoms with Gasteiger partial charge in [-0.05, 0) is 37.7 Å². The normalized spacial score (nSPS) is 20.0. The number of aliphatic hydroxyl groups excluding tert-OH is 1. The third-order valence-corrected chi connectivity index (χ3v) is 5.07. The van der Waals surface area contributed by atoms with E-state index in [9.17, 15) is 5.11 Å². The molecule has 1 aromatic carbocycles. The van der Waals surface area contributed by atoms with Gasteiger partial charge in [0.15, 0.2) is 5.96 Å². The van der Waals surface area contributed by atoms with E-state index in [2.05, 4.69) is 39.9 Å². The van der Waals surface area contributed by atoms with Gasteiger partial charge in [-0.15, -0.1) is 0 Å². The highest BCUT2D eigenvalue weighted by Crippen LogP contribution is 2.31. The number of nitrogens with zero attached hydrogens (tertiary/aromatic N) is 1. The lowest BCUT2D eigenvalue weighted by molar-refractivity contribution is 0.127. The molecule has 27 heavy (non-hydrogen) atoms. The third kappa shape index (κ3) is 8.28. The van der Waals surface area contributed by atoms with Gasteiger partial charge in [-0.2, -0.15) is 0 Å². The molecule has 152 valence electrons. The van der Waals surface area contributed by atoms with Gasteiger partial charge in [0, 0.05) is 45.4 Å². The van der Waals surface area contributed by atoms with E-state index in [0.29, 0.717) is 6.61 Å². The second kappa shape index (κ2) is 12.7. The zero-order valence-electron chi connectivity index (χ0n) is 16.6. The fourth-order valence-corrected chi connectivity index (χ4v) is 3.28. The van der Waals surface area contributed by atoms with Crippen LogP contribution in [-0.2, 0) is 15.9 Å². The summed E-state index contributed by atoms with van der Waals surface area (Å²) in [5, 5.41) is 16.0. The van der Waals surface area contributed by atoms with Crippen LogP contribution in [0.4, 0.5) is 0 Å². The molecule has 1 aliphatic heterocycles. The van der Waals surface area contributed by atoms with Crippen LogP contribution in [-0.4, -0.2) is 64.2 Å². The number of benzene rings is 1. The van der Waals surface area contributed by atoms with Gasteiger partial charge in [0.1, 0.15) is 0 Å². The SMILES string of the molecule is CN=C(NCCCCOCCc1ccccc1)NCC1(CCO)CCOC1. The molecule has 1 heterocycles. The van der Waals surface area contributed by atoms with Crippen molar-refractivity contribution in [1.82, 2.24) is 10.6 Å². The summed E-state index contributed by atoms with van der Waals surface area (Å²) in [6, 6.07) is 10.4. The monoisotopic (exact) mass is 377 g/mol. The van der Waals surface area contributed by atoms with Gasteiger partial charge in [0.25, 0.3) is 0 Å². The molecular weight excluding hydrogens is 342 g/mol. The summed E-state index contributed by atoms with van der Waals surface area (Å²) in [4.78, 5) is 4.28. The number of ether oxygens (including phenoxy) is 2. The van der Waals surface area contributed by atoms with Gasteiger partial charge < -0.3 is 25.2 Å². The molecule has 1 atom stereocenters. The summed E-state index contributed by atoms with van der Waals surface area (Å²) in [6.07, 6.45) is 4.78. The van der Waals surface area contributed by atoms with Crippen LogP contribution in [0.5, 0.6) is 0 Å². The molecule has 0 saturated carbocycles. The molecule has 0 aromatic heterocycles. The summed E-state index contributed by atoms with van der Waals surface area (Å²) < 4.78 is 11.2. The number of aliphatic imine (C=N–C) groups is 1. The number of nitrogens with one attached hydrogen (secondary N) is 2. The largest absolute Gasteiger partial charge is 0.396 e. The van der Waals surface area contributed by atoms with E-state index >= 15 is 0 Å². The van der Waals surface area contributed by atoms with Crippen molar-refractivity contribution in [1.29, 1.82) is 0 Å². The van der Waals surface area contributed by atoms with E-state index in [1.807, 2.05) is 6.07 Å². The van der Waals surface area contributed by atoms with Crippen molar-refractivity contribution in [2.24, 2.45) is 10.4 Å². The summed E-state index contributed by atoms with van der Waals surface area (Å²) in [6.45, 7) is 4.88. The van der Waals surface area contributed by atoms with Gasteiger partial charge >= 0.3 is 0 Å². The molecule has 1 aliphatic rings. The van der Waals surface area contributed by atoms with Crippen LogP contribution in [0.25, 0.3) is 0 Å². The Kier molecular flexibility index (Phi) is 10.2. The van der Waals surface area contributed by atoms with Crippen molar-refractivity contribution in [3.8, 4) is 0 Å². The number of guanidine groups is 1. The Labute approximate surface area is 163 Å². The maximum absolute atomic E-state index is 9.30. The number of aliphatic hydroxyl groups is 1.